The Kier molecular flexibility index (Phi) is 4.64. The molecule has 0 aromatic heterocycles. The van der Waals surface area contributed by atoms with Crippen LogP contribution in [0.1, 0.15) is 13.8 Å². The highest BCUT2D eigenvalue weighted by Crippen LogP contribution is 2.29. The lowest BCUT2D eigenvalue weighted by Gasteiger charge is -2.37. The van der Waals surface area contributed by atoms with Gasteiger partial charge >= 0.3 is 12.0 Å². The van der Waals surface area contributed by atoms with E-state index in [4.69, 9.17) is 10.2 Å². The molecule has 1 aliphatic rings. The maximum Gasteiger partial charge on any atom is 0.334 e. The Bertz CT molecular complexity index is 309. The number of thioether (sulfide) groups is 1. The first-order valence-corrected chi connectivity index (χ1v) is 6.38. The van der Waals surface area contributed by atoms with E-state index in [-0.39, 0.29) is 17.3 Å². The Balaban J connectivity index is 2.40. The van der Waals surface area contributed by atoms with Crippen LogP contribution in [0.5, 0.6) is 0 Å². The highest BCUT2D eigenvalue weighted by molar-refractivity contribution is 8.00. The zero-order chi connectivity index (χ0) is 13.1. The van der Waals surface area contributed by atoms with Crippen molar-refractivity contribution in [3.63, 3.8) is 0 Å². The van der Waals surface area contributed by atoms with Crippen LogP contribution in [0.3, 0.4) is 0 Å². The number of hydrogen-bond acceptors (Lipinski definition) is 4. The number of aliphatic carboxylic acids is 1. The van der Waals surface area contributed by atoms with Gasteiger partial charge in [0.2, 0.25) is 0 Å². The van der Waals surface area contributed by atoms with Gasteiger partial charge in [-0.2, -0.15) is 11.8 Å². The predicted octanol–water partition coefficient (Wildman–Crippen LogP) is -0.0311. The lowest BCUT2D eigenvalue weighted by Crippen LogP contribution is -2.51. The van der Waals surface area contributed by atoms with E-state index >= 15 is 0 Å². The van der Waals surface area contributed by atoms with Crippen LogP contribution < -0.4 is 5.32 Å². The smallest absolute Gasteiger partial charge is 0.334 e. The summed E-state index contributed by atoms with van der Waals surface area (Å²) in [7, 11) is 0. The van der Waals surface area contributed by atoms with E-state index < -0.39 is 12.1 Å². The second-order valence-electron chi connectivity index (χ2n) is 4.57. The van der Waals surface area contributed by atoms with Gasteiger partial charge in [0.05, 0.1) is 6.54 Å². The lowest BCUT2D eigenvalue weighted by atomic mass is 10.2. The van der Waals surface area contributed by atoms with Crippen LogP contribution in [0.15, 0.2) is 0 Å². The quantitative estimate of drug-likeness (QED) is 0.664. The molecule has 0 aromatic rings. The summed E-state index contributed by atoms with van der Waals surface area (Å²) in [6.45, 7) is 5.11. The molecule has 0 radical (unpaired) electrons. The largest absolute Gasteiger partial charge is 0.479 e. The van der Waals surface area contributed by atoms with Crippen LogP contribution in [-0.2, 0) is 4.79 Å². The lowest BCUT2D eigenvalue weighted by molar-refractivity contribution is -0.146. The summed E-state index contributed by atoms with van der Waals surface area (Å²) in [6.07, 6.45) is -1.55. The Morgan fingerprint density at radius 2 is 2.18 bits per heavy atom. The van der Waals surface area contributed by atoms with Crippen LogP contribution in [0, 0.1) is 0 Å². The van der Waals surface area contributed by atoms with Crippen LogP contribution in [0.25, 0.3) is 0 Å². The molecular weight excluding hydrogens is 244 g/mol. The third kappa shape index (κ3) is 4.43. The van der Waals surface area contributed by atoms with Crippen molar-refractivity contribution in [2.24, 2.45) is 0 Å². The summed E-state index contributed by atoms with van der Waals surface area (Å²) in [5.41, 5.74) is 0. The van der Waals surface area contributed by atoms with Gasteiger partial charge in [-0.25, -0.2) is 9.59 Å². The first-order chi connectivity index (χ1) is 7.82. The van der Waals surface area contributed by atoms with E-state index in [1.54, 1.807) is 16.7 Å². The molecule has 1 aliphatic heterocycles. The molecule has 7 heteroatoms. The molecule has 1 saturated heterocycles. The minimum Gasteiger partial charge on any atom is -0.479 e. The minimum atomic E-state index is -1.55. The van der Waals surface area contributed by atoms with Crippen molar-refractivity contribution in [3.05, 3.63) is 0 Å². The van der Waals surface area contributed by atoms with Gasteiger partial charge in [0.1, 0.15) is 0 Å². The van der Waals surface area contributed by atoms with Crippen molar-refractivity contribution in [3.8, 4) is 0 Å². The van der Waals surface area contributed by atoms with E-state index in [2.05, 4.69) is 19.2 Å². The minimum absolute atomic E-state index is 0.0149. The van der Waals surface area contributed by atoms with Crippen molar-refractivity contribution in [2.45, 2.75) is 24.7 Å². The van der Waals surface area contributed by atoms with Crippen molar-refractivity contribution >= 4 is 23.8 Å². The number of aliphatic hydroxyl groups is 1. The number of carbonyl (C=O) groups is 2. The fourth-order valence-electron chi connectivity index (χ4n) is 1.57. The highest BCUT2D eigenvalue weighted by atomic mass is 32.2. The normalized spacial score (nSPS) is 20.8. The molecule has 1 heterocycles. The number of carboxylic acid groups (broad SMARTS) is 1. The molecule has 6 nitrogen and oxygen atoms in total. The van der Waals surface area contributed by atoms with Crippen molar-refractivity contribution in [1.82, 2.24) is 10.2 Å². The molecule has 0 spiro atoms. The average Bonchev–Trinajstić information content (AvgIpc) is 2.23. The molecule has 1 atom stereocenters. The van der Waals surface area contributed by atoms with E-state index in [1.165, 1.54) is 0 Å². The maximum absolute atomic E-state index is 11.7. The molecule has 17 heavy (non-hydrogen) atoms. The topological polar surface area (TPSA) is 89.9 Å². The van der Waals surface area contributed by atoms with Gasteiger partial charge in [-0.15, -0.1) is 0 Å². The molecule has 0 aliphatic carbocycles. The molecule has 0 bridgehead atoms. The molecule has 0 unspecified atom stereocenters. The summed E-state index contributed by atoms with van der Waals surface area (Å²) in [6, 6.07) is -0.321. The highest BCUT2D eigenvalue weighted by Gasteiger charge is 2.30. The number of nitrogens with one attached hydrogen (secondary N) is 1. The summed E-state index contributed by atoms with van der Waals surface area (Å²) >= 11 is 1.81. The van der Waals surface area contributed by atoms with E-state index in [1.807, 2.05) is 0 Å². The molecule has 2 amide bonds. The zero-order valence-corrected chi connectivity index (χ0v) is 10.8. The Morgan fingerprint density at radius 3 is 2.71 bits per heavy atom. The number of aliphatic hydroxyl groups excluding tert-OH is 1. The van der Waals surface area contributed by atoms with E-state index in [0.29, 0.717) is 13.1 Å². The van der Waals surface area contributed by atoms with Crippen LogP contribution in [0.4, 0.5) is 4.79 Å². The number of carbonyl (C=O) groups excluding carboxylic acids is 1. The van der Waals surface area contributed by atoms with Gasteiger partial charge in [-0.05, 0) is 13.8 Å². The standard InChI is InChI=1S/C10H18N2O4S/c1-10(2)6-12(3-4-17-10)9(16)11-5-7(13)8(14)15/h7,13H,3-6H2,1-2H3,(H,11,16)(H,14,15)/t7-/m0/s1. The third-order valence-corrected chi connectivity index (χ3v) is 3.74. The molecule has 1 fully saturated rings. The van der Waals surface area contributed by atoms with Gasteiger partial charge < -0.3 is 20.4 Å². The molecule has 0 saturated carbocycles. The van der Waals surface area contributed by atoms with Crippen LogP contribution in [0.2, 0.25) is 0 Å². The van der Waals surface area contributed by atoms with Gasteiger partial charge in [-0.3, -0.25) is 0 Å². The van der Waals surface area contributed by atoms with Gasteiger partial charge in [0, 0.05) is 23.6 Å². The van der Waals surface area contributed by atoms with Crippen molar-refractivity contribution < 1.29 is 19.8 Å². The molecular formula is C10H18N2O4S. The Morgan fingerprint density at radius 1 is 1.53 bits per heavy atom. The predicted molar refractivity (Wildman–Crippen MR) is 65.2 cm³/mol. The van der Waals surface area contributed by atoms with Crippen LogP contribution >= 0.6 is 11.8 Å². The first kappa shape index (κ1) is 14.1. The fourth-order valence-corrected chi connectivity index (χ4v) is 2.68. The number of hydrogen-bond donors (Lipinski definition) is 3. The van der Waals surface area contributed by atoms with Crippen molar-refractivity contribution in [2.75, 3.05) is 25.4 Å². The maximum atomic E-state index is 11.7. The fraction of sp³-hybridized carbons (Fsp3) is 0.800. The molecule has 3 N–H and O–H groups in total. The summed E-state index contributed by atoms with van der Waals surface area (Å²) < 4.78 is 0.0149. The van der Waals surface area contributed by atoms with Crippen molar-refractivity contribution in [1.29, 1.82) is 0 Å². The molecule has 98 valence electrons. The summed E-state index contributed by atoms with van der Waals surface area (Å²) in [5, 5.41) is 19.9. The third-order valence-electron chi connectivity index (χ3n) is 2.44. The van der Waals surface area contributed by atoms with Crippen LogP contribution in [-0.4, -0.2) is 63.4 Å². The molecule has 1 rings (SSSR count). The second kappa shape index (κ2) is 5.59. The number of nitrogens with zero attached hydrogens (tertiary/aromatic N) is 1. The number of urea groups is 1. The summed E-state index contributed by atoms with van der Waals surface area (Å²) in [5.74, 6) is -0.470. The number of carboxylic acids is 1. The van der Waals surface area contributed by atoms with E-state index in [9.17, 15) is 9.59 Å². The average molecular weight is 262 g/mol. The second-order valence-corrected chi connectivity index (χ2v) is 6.37. The summed E-state index contributed by atoms with van der Waals surface area (Å²) in [4.78, 5) is 23.7. The zero-order valence-electron chi connectivity index (χ0n) is 9.97. The Labute approximate surface area is 104 Å². The monoisotopic (exact) mass is 262 g/mol. The number of rotatable bonds is 3. The van der Waals surface area contributed by atoms with Gasteiger partial charge in [0.15, 0.2) is 6.10 Å². The van der Waals surface area contributed by atoms with E-state index in [0.717, 1.165) is 5.75 Å². The van der Waals surface area contributed by atoms with Gasteiger partial charge in [0.25, 0.3) is 0 Å². The number of amides is 2. The first-order valence-electron chi connectivity index (χ1n) is 5.39. The van der Waals surface area contributed by atoms with Gasteiger partial charge in [-0.1, -0.05) is 0 Å². The Hall–Kier alpha value is -0.950. The molecule has 0 aromatic carbocycles. The SMILES string of the molecule is CC1(C)CN(C(=O)NC[C@H](O)C(=O)O)CCS1.